The van der Waals surface area contributed by atoms with E-state index in [0.29, 0.717) is 17.8 Å². The summed E-state index contributed by atoms with van der Waals surface area (Å²) in [5.74, 6) is 2.57. The summed E-state index contributed by atoms with van der Waals surface area (Å²) in [6.45, 7) is 9.90. The van der Waals surface area contributed by atoms with E-state index in [1.54, 1.807) is 16.7 Å². The molecular formula is C54H55N. The molecule has 55 heavy (non-hydrogen) atoms. The number of hydrogen-bond donors (Lipinski definition) is 0. The van der Waals surface area contributed by atoms with Gasteiger partial charge in [-0.05, 0) is 130 Å². The van der Waals surface area contributed by atoms with E-state index in [2.05, 4.69) is 172 Å². The zero-order valence-electron chi connectivity index (χ0n) is 33.2. The van der Waals surface area contributed by atoms with Crippen LogP contribution in [0.5, 0.6) is 0 Å². The van der Waals surface area contributed by atoms with Crippen molar-refractivity contribution in [2.24, 2.45) is 23.7 Å². The van der Waals surface area contributed by atoms with Gasteiger partial charge in [-0.2, -0.15) is 0 Å². The molecule has 0 radical (unpaired) electrons. The largest absolute Gasteiger partial charge is 0.310 e. The smallest absolute Gasteiger partial charge is 0.0543 e. The molecule has 4 atom stereocenters. The molecule has 10 rings (SSSR count). The van der Waals surface area contributed by atoms with Crippen LogP contribution in [0.1, 0.15) is 101 Å². The molecule has 2 spiro atoms. The van der Waals surface area contributed by atoms with E-state index < -0.39 is 0 Å². The molecule has 0 N–H and O–H groups in total. The summed E-state index contributed by atoms with van der Waals surface area (Å²) >= 11 is 0. The van der Waals surface area contributed by atoms with Crippen LogP contribution in [0.25, 0.3) is 33.4 Å². The lowest BCUT2D eigenvalue weighted by atomic mass is 9.50. The highest BCUT2D eigenvalue weighted by molar-refractivity contribution is 5.96. The number of rotatable bonds is 7. The zero-order valence-corrected chi connectivity index (χ0v) is 33.2. The number of hydrogen-bond acceptors (Lipinski definition) is 1. The predicted octanol–water partition coefficient (Wildman–Crippen LogP) is 15.0. The molecule has 0 heterocycles. The molecule has 2 fully saturated rings. The van der Waals surface area contributed by atoms with Crippen molar-refractivity contribution >= 4 is 17.1 Å². The Morgan fingerprint density at radius 1 is 0.564 bits per heavy atom. The standard InChI is InChI=1S/C54H55N/c1-5-37-32-40(6-2)54(49(33-37)36(3)4)47-25-13-11-23-45(47)52-48(54)26-17-27-51(52)55(41-21-16-20-39(34-41)38-18-8-7-9-19-38)42-28-29-44-43-22-10-12-24-46(43)53(50(44)35-42)30-14-15-31-53/h7-13,16-29,34-37,40,49H,5-6,14-15,30-33H2,1-4H3. The van der Waals surface area contributed by atoms with Gasteiger partial charge in [-0.3, -0.25) is 0 Å². The number of benzene rings is 6. The van der Waals surface area contributed by atoms with Gasteiger partial charge in [-0.15, -0.1) is 0 Å². The highest BCUT2D eigenvalue weighted by Gasteiger charge is 2.57. The Hall–Kier alpha value is -4.88. The highest BCUT2D eigenvalue weighted by atomic mass is 15.1. The second-order valence-electron chi connectivity index (χ2n) is 17.6. The second-order valence-corrected chi connectivity index (χ2v) is 17.6. The average molecular weight is 718 g/mol. The molecule has 0 aromatic heterocycles. The Balaban J connectivity index is 1.24. The van der Waals surface area contributed by atoms with Crippen LogP contribution in [0.3, 0.4) is 0 Å². The van der Waals surface area contributed by atoms with Gasteiger partial charge in [0.05, 0.1) is 5.69 Å². The van der Waals surface area contributed by atoms with Gasteiger partial charge in [-0.1, -0.05) is 163 Å². The third-order valence-corrected chi connectivity index (χ3v) is 14.9. The molecule has 6 aromatic carbocycles. The lowest BCUT2D eigenvalue weighted by Gasteiger charge is -2.53. The summed E-state index contributed by atoms with van der Waals surface area (Å²) in [7, 11) is 0. The van der Waals surface area contributed by atoms with Gasteiger partial charge in [0.1, 0.15) is 0 Å². The monoisotopic (exact) mass is 717 g/mol. The summed E-state index contributed by atoms with van der Waals surface area (Å²) in [4.78, 5) is 2.63. The fourth-order valence-electron chi connectivity index (χ4n) is 12.5. The Morgan fingerprint density at radius 2 is 1.22 bits per heavy atom. The van der Waals surface area contributed by atoms with Gasteiger partial charge in [0.2, 0.25) is 0 Å². The van der Waals surface area contributed by atoms with E-state index in [9.17, 15) is 0 Å². The summed E-state index contributed by atoms with van der Waals surface area (Å²) in [6, 6.07) is 53.9. The fraction of sp³-hybridized carbons (Fsp3) is 0.333. The van der Waals surface area contributed by atoms with Crippen molar-refractivity contribution in [3.8, 4) is 33.4 Å². The quantitative estimate of drug-likeness (QED) is 0.159. The molecule has 2 saturated carbocycles. The summed E-state index contributed by atoms with van der Waals surface area (Å²) in [6.07, 6.45) is 10.1. The summed E-state index contributed by atoms with van der Waals surface area (Å²) in [5, 5.41) is 0. The molecule has 0 saturated heterocycles. The van der Waals surface area contributed by atoms with Crippen molar-refractivity contribution in [1.29, 1.82) is 0 Å². The van der Waals surface area contributed by atoms with E-state index >= 15 is 0 Å². The predicted molar refractivity (Wildman–Crippen MR) is 233 cm³/mol. The topological polar surface area (TPSA) is 3.24 Å². The van der Waals surface area contributed by atoms with Gasteiger partial charge in [-0.25, -0.2) is 0 Å². The summed E-state index contributed by atoms with van der Waals surface area (Å²) < 4.78 is 0. The van der Waals surface area contributed by atoms with Crippen molar-refractivity contribution in [1.82, 2.24) is 0 Å². The van der Waals surface area contributed by atoms with Crippen LogP contribution in [-0.4, -0.2) is 0 Å². The van der Waals surface area contributed by atoms with Gasteiger partial charge in [0.25, 0.3) is 0 Å². The van der Waals surface area contributed by atoms with Crippen LogP contribution in [0.15, 0.2) is 140 Å². The molecule has 4 aliphatic rings. The first-order chi connectivity index (χ1) is 27.0. The van der Waals surface area contributed by atoms with E-state index in [-0.39, 0.29) is 10.8 Å². The molecule has 0 bridgehead atoms. The Morgan fingerprint density at radius 3 is 1.98 bits per heavy atom. The van der Waals surface area contributed by atoms with Gasteiger partial charge in [0, 0.05) is 27.8 Å². The lowest BCUT2D eigenvalue weighted by molar-refractivity contribution is 0.0635. The molecule has 1 heteroatoms. The van der Waals surface area contributed by atoms with E-state index in [4.69, 9.17) is 0 Å². The molecule has 276 valence electrons. The van der Waals surface area contributed by atoms with E-state index in [1.807, 2.05) is 0 Å². The first-order valence-corrected chi connectivity index (χ1v) is 21.4. The fourth-order valence-corrected chi connectivity index (χ4v) is 12.5. The lowest BCUT2D eigenvalue weighted by Crippen LogP contribution is -2.49. The number of fused-ring (bicyclic) bond motifs is 10. The molecule has 0 amide bonds. The van der Waals surface area contributed by atoms with Crippen molar-refractivity contribution in [3.63, 3.8) is 0 Å². The SMILES string of the molecule is CCC1CC(CC)C2(c3ccccc3-c3c(N(c4cccc(-c5ccccc5)c4)c4ccc5c(c4)C4(CCCC4)c4ccccc4-5)cccc32)C(C(C)C)C1. The van der Waals surface area contributed by atoms with E-state index in [1.165, 1.54) is 107 Å². The Labute approximate surface area is 329 Å². The average Bonchev–Trinajstić information content (AvgIpc) is 3.92. The first kappa shape index (κ1) is 34.6. The molecule has 4 unspecified atom stereocenters. The number of anilines is 3. The zero-order chi connectivity index (χ0) is 37.3. The van der Waals surface area contributed by atoms with Gasteiger partial charge in [0.15, 0.2) is 0 Å². The minimum Gasteiger partial charge on any atom is -0.310 e. The Kier molecular flexibility index (Phi) is 8.43. The van der Waals surface area contributed by atoms with Gasteiger partial charge >= 0.3 is 0 Å². The summed E-state index contributed by atoms with van der Waals surface area (Å²) in [5.41, 5.74) is 18.3. The first-order valence-electron chi connectivity index (χ1n) is 21.4. The van der Waals surface area contributed by atoms with Gasteiger partial charge < -0.3 is 4.90 Å². The van der Waals surface area contributed by atoms with Crippen LogP contribution < -0.4 is 4.90 Å². The molecule has 0 aliphatic heterocycles. The normalized spacial score (nSPS) is 22.8. The van der Waals surface area contributed by atoms with Crippen molar-refractivity contribution in [2.45, 2.75) is 89.9 Å². The van der Waals surface area contributed by atoms with Crippen LogP contribution in [0.4, 0.5) is 17.1 Å². The maximum absolute atomic E-state index is 2.63. The maximum atomic E-state index is 2.63. The van der Waals surface area contributed by atoms with Crippen molar-refractivity contribution < 1.29 is 0 Å². The molecule has 6 aromatic rings. The molecule has 1 nitrogen and oxygen atoms in total. The van der Waals surface area contributed by atoms with Crippen LogP contribution in [0.2, 0.25) is 0 Å². The molecule has 4 aliphatic carbocycles. The van der Waals surface area contributed by atoms with Crippen molar-refractivity contribution in [3.05, 3.63) is 162 Å². The third-order valence-electron chi connectivity index (χ3n) is 14.9. The number of nitrogens with zero attached hydrogens (tertiary/aromatic N) is 1. The minimum atomic E-state index is 0.00155. The minimum absolute atomic E-state index is 0.00155. The highest BCUT2D eigenvalue weighted by Crippen LogP contribution is 2.66. The third kappa shape index (κ3) is 5.04. The van der Waals surface area contributed by atoms with Crippen molar-refractivity contribution in [2.75, 3.05) is 4.90 Å². The van der Waals surface area contributed by atoms with E-state index in [0.717, 1.165) is 5.92 Å². The molecular weight excluding hydrogens is 663 g/mol. The van der Waals surface area contributed by atoms with Crippen LogP contribution in [-0.2, 0) is 10.8 Å². The second kappa shape index (κ2) is 13.4. The maximum Gasteiger partial charge on any atom is 0.0543 e. The Bertz CT molecular complexity index is 2380. The van der Waals surface area contributed by atoms with Crippen LogP contribution >= 0.6 is 0 Å². The van der Waals surface area contributed by atoms with Crippen LogP contribution in [0, 0.1) is 23.7 Å².